The van der Waals surface area contributed by atoms with Gasteiger partial charge in [0.1, 0.15) is 6.61 Å². The number of benzene rings is 2. The Hall–Kier alpha value is -2.13. The second kappa shape index (κ2) is 8.06. The van der Waals surface area contributed by atoms with Gasteiger partial charge in [0.25, 0.3) is 0 Å². The van der Waals surface area contributed by atoms with E-state index in [1.165, 1.54) is 0 Å². The van der Waals surface area contributed by atoms with Crippen LogP contribution in [0.2, 0.25) is 0 Å². The smallest absolute Gasteiger partial charge is 0.306 e. The molecule has 0 saturated carbocycles. The number of rotatable bonds is 5. The van der Waals surface area contributed by atoms with Gasteiger partial charge < -0.3 is 10.9 Å². The summed E-state index contributed by atoms with van der Waals surface area (Å²) in [4.78, 5) is 11.6. The maximum atomic E-state index is 11.6. The highest BCUT2D eigenvalue weighted by Crippen LogP contribution is 2.05. The molecule has 0 aliphatic rings. The number of carbonyl (C=O) groups is 1. The van der Waals surface area contributed by atoms with Crippen molar-refractivity contribution in [2.45, 2.75) is 19.4 Å². The van der Waals surface area contributed by atoms with Crippen molar-refractivity contribution in [3.05, 3.63) is 71.8 Å². The number of aryl methyl sites for hydroxylation is 1. The third-order valence-electron chi connectivity index (χ3n) is 2.70. The van der Waals surface area contributed by atoms with Gasteiger partial charge in [0.2, 0.25) is 0 Å². The number of hydrogen-bond acceptors (Lipinski definition) is 3. The fraction of sp³-hybridized carbons (Fsp3) is 0.188. The van der Waals surface area contributed by atoms with Gasteiger partial charge in [-0.1, -0.05) is 60.7 Å². The Morgan fingerprint density at radius 2 is 1.37 bits per heavy atom. The average molecular weight is 257 g/mol. The van der Waals surface area contributed by atoms with E-state index in [1.54, 1.807) is 0 Å². The van der Waals surface area contributed by atoms with Gasteiger partial charge in [-0.05, 0) is 17.5 Å². The van der Waals surface area contributed by atoms with Crippen molar-refractivity contribution in [2.75, 3.05) is 0 Å². The van der Waals surface area contributed by atoms with Crippen LogP contribution in [0, 0.1) is 0 Å². The van der Waals surface area contributed by atoms with Crippen LogP contribution < -0.4 is 6.15 Å². The summed E-state index contributed by atoms with van der Waals surface area (Å²) in [6.45, 7) is 0.356. The van der Waals surface area contributed by atoms with Crippen LogP contribution in [0.15, 0.2) is 60.7 Å². The molecule has 0 saturated heterocycles. The molecule has 2 aromatic carbocycles. The molecule has 0 aliphatic heterocycles. The van der Waals surface area contributed by atoms with Crippen LogP contribution in [-0.2, 0) is 22.6 Å². The molecule has 3 nitrogen and oxygen atoms in total. The van der Waals surface area contributed by atoms with E-state index in [2.05, 4.69) is 0 Å². The Labute approximate surface area is 113 Å². The minimum absolute atomic E-state index is 0. The van der Waals surface area contributed by atoms with Gasteiger partial charge in [0, 0.05) is 6.42 Å². The molecule has 0 fully saturated rings. The van der Waals surface area contributed by atoms with Crippen molar-refractivity contribution < 1.29 is 9.53 Å². The van der Waals surface area contributed by atoms with E-state index in [0.29, 0.717) is 13.0 Å². The van der Waals surface area contributed by atoms with Crippen LogP contribution in [0.25, 0.3) is 0 Å². The topological polar surface area (TPSA) is 61.3 Å². The molecule has 3 heteroatoms. The van der Waals surface area contributed by atoms with E-state index in [1.807, 2.05) is 60.7 Å². The zero-order valence-corrected chi connectivity index (χ0v) is 10.9. The lowest BCUT2D eigenvalue weighted by molar-refractivity contribution is -0.144. The van der Waals surface area contributed by atoms with E-state index in [9.17, 15) is 4.79 Å². The monoisotopic (exact) mass is 257 g/mol. The molecule has 0 unspecified atom stereocenters. The summed E-state index contributed by atoms with van der Waals surface area (Å²) < 4.78 is 5.21. The van der Waals surface area contributed by atoms with Gasteiger partial charge in [-0.15, -0.1) is 0 Å². The van der Waals surface area contributed by atoms with Crippen LogP contribution >= 0.6 is 0 Å². The minimum Gasteiger partial charge on any atom is -0.461 e. The molecule has 2 rings (SSSR count). The first-order valence-electron chi connectivity index (χ1n) is 6.08. The normalized spacial score (nSPS) is 9.47. The molecular weight excluding hydrogens is 238 g/mol. The van der Waals surface area contributed by atoms with Crippen LogP contribution in [0.5, 0.6) is 0 Å². The Morgan fingerprint density at radius 3 is 1.95 bits per heavy atom. The van der Waals surface area contributed by atoms with E-state index >= 15 is 0 Å². The Balaban J connectivity index is 0.00000180. The Morgan fingerprint density at radius 1 is 0.842 bits per heavy atom. The van der Waals surface area contributed by atoms with Crippen LogP contribution in [-0.4, -0.2) is 5.97 Å². The second-order valence-electron chi connectivity index (χ2n) is 4.13. The van der Waals surface area contributed by atoms with Gasteiger partial charge in [0.15, 0.2) is 0 Å². The first kappa shape index (κ1) is 14.9. The van der Waals surface area contributed by atoms with Crippen molar-refractivity contribution >= 4 is 5.97 Å². The average Bonchev–Trinajstić information content (AvgIpc) is 2.45. The van der Waals surface area contributed by atoms with Crippen molar-refractivity contribution in [3.63, 3.8) is 0 Å². The van der Waals surface area contributed by atoms with Gasteiger partial charge in [-0.25, -0.2) is 0 Å². The molecule has 19 heavy (non-hydrogen) atoms. The molecule has 0 atom stereocenters. The van der Waals surface area contributed by atoms with Gasteiger partial charge in [-0.2, -0.15) is 0 Å². The summed E-state index contributed by atoms with van der Waals surface area (Å²) in [7, 11) is 0. The molecule has 2 aromatic rings. The molecule has 0 radical (unpaired) electrons. The summed E-state index contributed by atoms with van der Waals surface area (Å²) in [5.41, 5.74) is 2.18. The number of carbonyl (C=O) groups excluding carboxylic acids is 1. The van der Waals surface area contributed by atoms with E-state index in [-0.39, 0.29) is 12.1 Å². The lowest BCUT2D eigenvalue weighted by Gasteiger charge is -2.05. The third kappa shape index (κ3) is 5.36. The summed E-state index contributed by atoms with van der Waals surface area (Å²) in [5, 5.41) is 0. The lowest BCUT2D eigenvalue weighted by atomic mass is 10.1. The fourth-order valence-electron chi connectivity index (χ4n) is 1.70. The highest BCUT2D eigenvalue weighted by atomic mass is 16.5. The Bertz CT molecular complexity index is 437. The van der Waals surface area contributed by atoms with Crippen molar-refractivity contribution in [1.29, 1.82) is 0 Å². The molecule has 0 aromatic heterocycles. The molecule has 3 N–H and O–H groups in total. The zero-order valence-electron chi connectivity index (χ0n) is 10.9. The van der Waals surface area contributed by atoms with Gasteiger partial charge in [-0.3, -0.25) is 4.79 Å². The molecule has 100 valence electrons. The first-order valence-corrected chi connectivity index (χ1v) is 6.08. The standard InChI is InChI=1S/C16H16O2.H3N/c17-16(12-11-14-7-3-1-4-8-14)18-13-15-9-5-2-6-10-15;/h1-10H,11-13H2;1H3. The lowest BCUT2D eigenvalue weighted by Crippen LogP contribution is -2.05. The molecule has 0 bridgehead atoms. The van der Waals surface area contributed by atoms with E-state index in [0.717, 1.165) is 17.5 Å². The van der Waals surface area contributed by atoms with Crippen LogP contribution in [0.3, 0.4) is 0 Å². The van der Waals surface area contributed by atoms with Crippen LogP contribution in [0.4, 0.5) is 0 Å². The first-order chi connectivity index (χ1) is 8.84. The molecule has 0 heterocycles. The molecule has 0 spiro atoms. The minimum atomic E-state index is -0.150. The summed E-state index contributed by atoms with van der Waals surface area (Å²) in [6, 6.07) is 19.7. The second-order valence-corrected chi connectivity index (χ2v) is 4.13. The highest BCUT2D eigenvalue weighted by molar-refractivity contribution is 5.69. The van der Waals surface area contributed by atoms with E-state index < -0.39 is 0 Å². The maximum absolute atomic E-state index is 11.6. The summed E-state index contributed by atoms with van der Waals surface area (Å²) in [6.07, 6.45) is 1.16. The predicted octanol–water partition coefficient (Wildman–Crippen LogP) is 3.52. The Kier molecular flexibility index (Phi) is 6.33. The molecule has 0 amide bonds. The number of esters is 1. The van der Waals surface area contributed by atoms with Gasteiger partial charge in [0.05, 0.1) is 0 Å². The number of ether oxygens (including phenoxy) is 1. The van der Waals surface area contributed by atoms with E-state index in [4.69, 9.17) is 4.74 Å². The van der Waals surface area contributed by atoms with Gasteiger partial charge >= 0.3 is 5.97 Å². The largest absolute Gasteiger partial charge is 0.461 e. The quantitative estimate of drug-likeness (QED) is 0.833. The van der Waals surface area contributed by atoms with Crippen LogP contribution in [0.1, 0.15) is 17.5 Å². The predicted molar refractivity (Wildman–Crippen MR) is 76.0 cm³/mol. The van der Waals surface area contributed by atoms with Crippen molar-refractivity contribution in [1.82, 2.24) is 6.15 Å². The summed E-state index contributed by atoms with van der Waals surface area (Å²) >= 11 is 0. The zero-order chi connectivity index (χ0) is 12.6. The molecular formula is C16H19NO2. The fourth-order valence-corrected chi connectivity index (χ4v) is 1.70. The summed E-state index contributed by atoms with van der Waals surface area (Å²) in [5.74, 6) is -0.150. The maximum Gasteiger partial charge on any atom is 0.306 e. The SMILES string of the molecule is N.O=C(CCc1ccccc1)OCc1ccccc1. The van der Waals surface area contributed by atoms with Crippen molar-refractivity contribution in [3.8, 4) is 0 Å². The molecule has 0 aliphatic carbocycles. The number of hydrogen-bond donors (Lipinski definition) is 1. The third-order valence-corrected chi connectivity index (χ3v) is 2.70. The highest BCUT2D eigenvalue weighted by Gasteiger charge is 2.03. The van der Waals surface area contributed by atoms with Crippen molar-refractivity contribution in [2.24, 2.45) is 0 Å².